The predicted octanol–water partition coefficient (Wildman–Crippen LogP) is 2.50. The van der Waals surface area contributed by atoms with E-state index in [2.05, 4.69) is 10.6 Å². The van der Waals surface area contributed by atoms with Gasteiger partial charge in [-0.15, -0.1) is 0 Å². The van der Waals surface area contributed by atoms with Crippen molar-refractivity contribution in [3.05, 3.63) is 54.0 Å². The van der Waals surface area contributed by atoms with Gasteiger partial charge in [0.15, 0.2) is 16.6 Å². The number of rotatable bonds is 6. The molecule has 0 aliphatic heterocycles. The summed E-state index contributed by atoms with van der Waals surface area (Å²) >= 11 is 5.05. The molecule has 0 saturated heterocycles. The highest BCUT2D eigenvalue weighted by atomic mass is 32.1. The molecule has 0 spiro atoms. The van der Waals surface area contributed by atoms with E-state index in [1.165, 1.54) is 6.08 Å². The molecule has 0 atom stereocenters. The van der Waals surface area contributed by atoms with Gasteiger partial charge in [-0.25, -0.2) is 0 Å². The molecule has 2 aromatic rings. The van der Waals surface area contributed by atoms with Crippen molar-refractivity contribution in [2.24, 2.45) is 0 Å². The van der Waals surface area contributed by atoms with Gasteiger partial charge in [0.2, 0.25) is 5.91 Å². The molecule has 0 fully saturated rings. The first-order valence-corrected chi connectivity index (χ1v) is 7.54. The average molecular weight is 346 g/mol. The molecule has 126 valence electrons. The molecule has 24 heavy (non-hydrogen) atoms. The lowest BCUT2D eigenvalue weighted by Crippen LogP contribution is -2.37. The Kier molecular flexibility index (Phi) is 6.39. The molecule has 1 amide bonds. The monoisotopic (exact) mass is 346 g/mol. The van der Waals surface area contributed by atoms with Crippen molar-refractivity contribution in [3.8, 4) is 11.5 Å². The first-order valence-electron chi connectivity index (χ1n) is 7.13. The van der Waals surface area contributed by atoms with E-state index in [1.807, 2.05) is 12.1 Å². The summed E-state index contributed by atoms with van der Waals surface area (Å²) in [6.45, 7) is 0.408. The number of carbonyl (C=O) groups is 1. The van der Waals surface area contributed by atoms with Gasteiger partial charge >= 0.3 is 0 Å². The quantitative estimate of drug-likeness (QED) is 0.618. The van der Waals surface area contributed by atoms with Crippen LogP contribution in [0.4, 0.5) is 0 Å². The molecule has 0 unspecified atom stereocenters. The van der Waals surface area contributed by atoms with Gasteiger partial charge in [0, 0.05) is 6.08 Å². The van der Waals surface area contributed by atoms with Crippen LogP contribution in [0.5, 0.6) is 11.5 Å². The molecule has 0 radical (unpaired) electrons. The van der Waals surface area contributed by atoms with E-state index in [0.717, 1.165) is 11.3 Å². The fourth-order valence-corrected chi connectivity index (χ4v) is 2.08. The van der Waals surface area contributed by atoms with Gasteiger partial charge in [-0.1, -0.05) is 6.07 Å². The summed E-state index contributed by atoms with van der Waals surface area (Å²) < 4.78 is 15.5. The molecule has 1 aromatic heterocycles. The Morgan fingerprint density at radius 2 is 2.04 bits per heavy atom. The van der Waals surface area contributed by atoms with Crippen LogP contribution in [0.1, 0.15) is 11.3 Å². The van der Waals surface area contributed by atoms with Crippen LogP contribution in [-0.2, 0) is 11.3 Å². The second kappa shape index (κ2) is 8.73. The second-order valence-electron chi connectivity index (χ2n) is 4.70. The van der Waals surface area contributed by atoms with Crippen LogP contribution < -0.4 is 20.1 Å². The number of amides is 1. The fraction of sp³-hybridized carbons (Fsp3) is 0.176. The summed E-state index contributed by atoms with van der Waals surface area (Å²) in [4.78, 5) is 11.9. The zero-order chi connectivity index (χ0) is 17.4. The molecule has 7 heteroatoms. The minimum Gasteiger partial charge on any atom is -0.493 e. The van der Waals surface area contributed by atoms with Crippen molar-refractivity contribution < 1.29 is 18.7 Å². The van der Waals surface area contributed by atoms with Crippen molar-refractivity contribution in [2.75, 3.05) is 14.2 Å². The molecule has 0 saturated carbocycles. The Morgan fingerprint density at radius 3 is 2.71 bits per heavy atom. The highest BCUT2D eigenvalue weighted by Gasteiger charge is 2.04. The van der Waals surface area contributed by atoms with Crippen molar-refractivity contribution in [1.82, 2.24) is 10.6 Å². The van der Waals surface area contributed by atoms with Gasteiger partial charge in [0.1, 0.15) is 5.76 Å². The number of furan rings is 1. The molecular weight excluding hydrogens is 328 g/mol. The van der Waals surface area contributed by atoms with Crippen LogP contribution in [0.25, 0.3) is 6.08 Å². The minimum absolute atomic E-state index is 0.230. The van der Waals surface area contributed by atoms with Gasteiger partial charge in [-0.3, -0.25) is 10.1 Å². The maximum Gasteiger partial charge on any atom is 0.250 e. The summed E-state index contributed by atoms with van der Waals surface area (Å²) in [7, 11) is 3.12. The lowest BCUT2D eigenvalue weighted by Gasteiger charge is -2.08. The molecule has 2 N–H and O–H groups in total. The fourth-order valence-electron chi connectivity index (χ4n) is 1.91. The van der Waals surface area contributed by atoms with Crippen LogP contribution in [0, 0.1) is 0 Å². The van der Waals surface area contributed by atoms with Crippen molar-refractivity contribution in [1.29, 1.82) is 0 Å². The summed E-state index contributed by atoms with van der Waals surface area (Å²) in [6.07, 6.45) is 4.62. The topological polar surface area (TPSA) is 72.7 Å². The number of ether oxygens (including phenoxy) is 2. The number of methoxy groups -OCH3 is 2. The second-order valence-corrected chi connectivity index (χ2v) is 5.11. The van der Waals surface area contributed by atoms with E-state index < -0.39 is 0 Å². The average Bonchev–Trinajstić information content (AvgIpc) is 3.11. The lowest BCUT2D eigenvalue weighted by atomic mass is 10.2. The Bertz CT molecular complexity index is 726. The summed E-state index contributed by atoms with van der Waals surface area (Å²) in [5, 5.41) is 5.67. The summed E-state index contributed by atoms with van der Waals surface area (Å²) in [6, 6.07) is 8.96. The summed E-state index contributed by atoms with van der Waals surface area (Å²) in [5.74, 6) is 1.62. The number of nitrogens with one attached hydrogen (secondary N) is 2. The van der Waals surface area contributed by atoms with E-state index in [0.29, 0.717) is 18.0 Å². The number of benzene rings is 1. The van der Waals surface area contributed by atoms with Gasteiger partial charge in [0.25, 0.3) is 0 Å². The Labute approximate surface area is 145 Å². The minimum atomic E-state index is -0.332. The van der Waals surface area contributed by atoms with E-state index in [4.69, 9.17) is 26.1 Å². The van der Waals surface area contributed by atoms with E-state index in [9.17, 15) is 4.79 Å². The zero-order valence-electron chi connectivity index (χ0n) is 13.4. The Balaban J connectivity index is 1.87. The third-order valence-electron chi connectivity index (χ3n) is 3.07. The third kappa shape index (κ3) is 5.13. The van der Waals surface area contributed by atoms with Crippen LogP contribution in [0.2, 0.25) is 0 Å². The van der Waals surface area contributed by atoms with Crippen LogP contribution >= 0.6 is 12.2 Å². The highest BCUT2D eigenvalue weighted by Crippen LogP contribution is 2.27. The largest absolute Gasteiger partial charge is 0.493 e. The molecule has 6 nitrogen and oxygen atoms in total. The SMILES string of the molecule is COc1ccc(C=CC(=O)NC(=S)NCc2ccco2)cc1OC. The van der Waals surface area contributed by atoms with Crippen LogP contribution in [0.3, 0.4) is 0 Å². The van der Waals surface area contributed by atoms with Crippen molar-refractivity contribution in [3.63, 3.8) is 0 Å². The number of thiocarbonyl (C=S) groups is 1. The predicted molar refractivity (Wildman–Crippen MR) is 94.9 cm³/mol. The van der Waals surface area contributed by atoms with Crippen molar-refractivity contribution in [2.45, 2.75) is 6.54 Å². The van der Waals surface area contributed by atoms with Gasteiger partial charge in [-0.05, 0) is 48.1 Å². The van der Waals surface area contributed by atoms with Gasteiger partial charge in [-0.2, -0.15) is 0 Å². The lowest BCUT2D eigenvalue weighted by molar-refractivity contribution is -0.115. The van der Waals surface area contributed by atoms with Gasteiger partial charge < -0.3 is 19.2 Å². The smallest absolute Gasteiger partial charge is 0.250 e. The van der Waals surface area contributed by atoms with E-state index in [-0.39, 0.29) is 11.0 Å². The zero-order valence-corrected chi connectivity index (χ0v) is 14.2. The highest BCUT2D eigenvalue weighted by molar-refractivity contribution is 7.80. The van der Waals surface area contributed by atoms with E-state index >= 15 is 0 Å². The van der Waals surface area contributed by atoms with Crippen molar-refractivity contribution >= 4 is 29.3 Å². The molecule has 2 rings (SSSR count). The molecular formula is C17H18N2O4S. The molecule has 0 bridgehead atoms. The first kappa shape index (κ1) is 17.6. The van der Waals surface area contributed by atoms with Crippen LogP contribution in [-0.4, -0.2) is 25.2 Å². The molecule has 0 aliphatic carbocycles. The third-order valence-corrected chi connectivity index (χ3v) is 3.32. The maximum atomic E-state index is 11.9. The molecule has 1 aromatic carbocycles. The Hall–Kier alpha value is -2.80. The van der Waals surface area contributed by atoms with Crippen LogP contribution in [0.15, 0.2) is 47.1 Å². The standard InChI is InChI=1S/C17H18N2O4S/c1-21-14-7-5-12(10-15(14)22-2)6-8-16(20)19-17(24)18-11-13-4-3-9-23-13/h3-10H,11H2,1-2H3,(H2,18,19,20,24). The number of hydrogen-bond donors (Lipinski definition) is 2. The number of carbonyl (C=O) groups excluding carboxylic acids is 1. The first-order chi connectivity index (χ1) is 11.6. The maximum absolute atomic E-state index is 11.9. The number of hydrogen-bond acceptors (Lipinski definition) is 5. The molecule has 1 heterocycles. The normalized spacial score (nSPS) is 10.4. The Morgan fingerprint density at radius 1 is 1.25 bits per heavy atom. The van der Waals surface area contributed by atoms with Gasteiger partial charge in [0.05, 0.1) is 27.0 Å². The summed E-state index contributed by atoms with van der Waals surface area (Å²) in [5.41, 5.74) is 0.803. The molecule has 0 aliphatic rings. The van der Waals surface area contributed by atoms with E-state index in [1.54, 1.807) is 44.8 Å².